The smallest absolute Gasteiger partial charge is 0.347 e. The Hall–Kier alpha value is -3.98. The number of methoxy groups -OCH3 is 1. The second-order valence-corrected chi connectivity index (χ2v) is 10.5. The van der Waals surface area contributed by atoms with E-state index >= 15 is 0 Å². The van der Waals surface area contributed by atoms with Crippen LogP contribution in [0.1, 0.15) is 50.3 Å². The number of esters is 1. The number of aryl methyl sites for hydroxylation is 1. The molecule has 0 radical (unpaired) electrons. The van der Waals surface area contributed by atoms with Crippen LogP contribution in [-0.4, -0.2) is 41.7 Å². The Bertz CT molecular complexity index is 1640. The Kier molecular flexibility index (Phi) is 9.04. The maximum Gasteiger partial charge on any atom is 0.347 e. The van der Waals surface area contributed by atoms with Crippen LogP contribution in [-0.2, 0) is 9.53 Å². The van der Waals surface area contributed by atoms with Crippen LogP contribution in [0.25, 0.3) is 22.3 Å². The molecule has 9 heteroatoms. The van der Waals surface area contributed by atoms with Crippen molar-refractivity contribution in [3.63, 3.8) is 0 Å². The zero-order valence-electron chi connectivity index (χ0n) is 23.4. The first kappa shape index (κ1) is 29.0. The van der Waals surface area contributed by atoms with Gasteiger partial charge in [0.05, 0.1) is 30.8 Å². The van der Waals surface area contributed by atoms with Crippen molar-refractivity contribution in [3.8, 4) is 22.9 Å². The molecular weight excluding hydrogens is 574 g/mol. The summed E-state index contributed by atoms with van der Waals surface area (Å²) in [6, 6.07) is 16.5. The van der Waals surface area contributed by atoms with Crippen LogP contribution < -0.4 is 15.0 Å². The molecule has 1 aromatic heterocycles. The molecule has 4 aromatic rings. The number of nitrogens with zero attached hydrogens (tertiary/aromatic N) is 3. The van der Waals surface area contributed by atoms with Gasteiger partial charge in [0.25, 0.3) is 5.56 Å². The van der Waals surface area contributed by atoms with Crippen LogP contribution in [0.4, 0.5) is 0 Å². The highest BCUT2D eigenvalue weighted by molar-refractivity contribution is 9.10. The first-order chi connectivity index (χ1) is 19.1. The largest absolute Gasteiger partial charge is 0.496 e. The Morgan fingerprint density at radius 3 is 2.55 bits per heavy atom. The fourth-order valence-corrected chi connectivity index (χ4v) is 4.70. The molecule has 4 rings (SSSR count). The molecule has 3 aromatic carbocycles. The lowest BCUT2D eigenvalue weighted by Crippen LogP contribution is -2.26. The van der Waals surface area contributed by atoms with Crippen molar-refractivity contribution in [2.24, 2.45) is 5.10 Å². The van der Waals surface area contributed by atoms with E-state index in [2.05, 4.69) is 34.9 Å². The fraction of sp³-hybridized carbons (Fsp3) is 0.290. The Balaban J connectivity index is 1.90. The molecule has 0 aliphatic carbocycles. The van der Waals surface area contributed by atoms with Crippen LogP contribution in [0.3, 0.4) is 0 Å². The standard InChI is InChI=1S/C31H32BrN3O5/c1-7-39-31(37)20(5)40-27-13-12-22(32)15-21(27)17-33-35-29(34-26-11-9-8-10-23(26)30(35)36)25-16-24(18(2)3)28(38-6)14-19(25)4/h8-18,20H,7H2,1-6H3/t20-/m0/s1. The van der Waals surface area contributed by atoms with Crippen molar-refractivity contribution < 1.29 is 19.0 Å². The second-order valence-electron chi connectivity index (χ2n) is 9.57. The molecule has 1 atom stereocenters. The summed E-state index contributed by atoms with van der Waals surface area (Å²) < 4.78 is 18.7. The number of para-hydroxylation sites is 1. The van der Waals surface area contributed by atoms with E-state index < -0.39 is 12.1 Å². The predicted octanol–water partition coefficient (Wildman–Crippen LogP) is 6.48. The summed E-state index contributed by atoms with van der Waals surface area (Å²) in [6.07, 6.45) is 0.701. The summed E-state index contributed by atoms with van der Waals surface area (Å²) >= 11 is 3.48. The number of aromatic nitrogens is 2. The minimum absolute atomic E-state index is 0.182. The van der Waals surface area contributed by atoms with E-state index in [1.54, 1.807) is 51.3 Å². The van der Waals surface area contributed by atoms with Gasteiger partial charge in [-0.2, -0.15) is 9.78 Å². The van der Waals surface area contributed by atoms with E-state index in [9.17, 15) is 9.59 Å². The number of halogens is 1. The van der Waals surface area contributed by atoms with Crippen molar-refractivity contribution >= 4 is 39.0 Å². The van der Waals surface area contributed by atoms with Crippen LogP contribution in [0, 0.1) is 6.92 Å². The summed E-state index contributed by atoms with van der Waals surface area (Å²) in [5.74, 6) is 1.31. The average molecular weight is 607 g/mol. The van der Waals surface area contributed by atoms with Gasteiger partial charge in [0.15, 0.2) is 11.9 Å². The SMILES string of the molecule is CCOC(=O)[C@H](C)Oc1ccc(Br)cc1C=Nn1c(-c2cc(C(C)C)c(OC)cc2C)nc2ccccc2c1=O. The average Bonchev–Trinajstić information content (AvgIpc) is 2.93. The quantitative estimate of drug-likeness (QED) is 0.160. The van der Waals surface area contributed by atoms with Crippen LogP contribution in [0.15, 0.2) is 69.0 Å². The molecule has 0 aliphatic heterocycles. The molecule has 8 nitrogen and oxygen atoms in total. The monoisotopic (exact) mass is 605 g/mol. The summed E-state index contributed by atoms with van der Waals surface area (Å²) in [7, 11) is 1.65. The molecule has 40 heavy (non-hydrogen) atoms. The number of benzene rings is 3. The molecule has 0 amide bonds. The minimum atomic E-state index is -0.828. The summed E-state index contributed by atoms with van der Waals surface area (Å²) in [5, 5.41) is 5.06. The van der Waals surface area contributed by atoms with Crippen LogP contribution in [0.5, 0.6) is 11.5 Å². The molecule has 0 saturated heterocycles. The van der Waals surface area contributed by atoms with Crippen LogP contribution >= 0.6 is 15.9 Å². The first-order valence-electron chi connectivity index (χ1n) is 13.0. The van der Waals surface area contributed by atoms with Gasteiger partial charge in [-0.3, -0.25) is 4.79 Å². The van der Waals surface area contributed by atoms with Crippen molar-refractivity contribution in [3.05, 3.63) is 86.1 Å². The van der Waals surface area contributed by atoms with Crippen molar-refractivity contribution in [1.29, 1.82) is 0 Å². The van der Waals surface area contributed by atoms with E-state index in [-0.39, 0.29) is 18.1 Å². The Morgan fingerprint density at radius 2 is 1.85 bits per heavy atom. The highest BCUT2D eigenvalue weighted by Gasteiger charge is 2.20. The molecule has 0 unspecified atom stereocenters. The van der Waals surface area contributed by atoms with E-state index in [0.29, 0.717) is 28.0 Å². The number of ether oxygens (including phenoxy) is 3. The lowest BCUT2D eigenvalue weighted by atomic mass is 9.96. The second kappa shape index (κ2) is 12.5. The minimum Gasteiger partial charge on any atom is -0.496 e. The molecule has 0 bridgehead atoms. The molecule has 0 aliphatic rings. The number of carbonyl (C=O) groups excluding carboxylic acids is 1. The van der Waals surface area contributed by atoms with Gasteiger partial charge in [0.1, 0.15) is 11.5 Å². The molecule has 208 valence electrons. The van der Waals surface area contributed by atoms with Gasteiger partial charge in [0.2, 0.25) is 0 Å². The lowest BCUT2D eigenvalue weighted by molar-refractivity contribution is -0.150. The van der Waals surface area contributed by atoms with Gasteiger partial charge in [-0.1, -0.05) is 41.9 Å². The third kappa shape index (κ3) is 6.09. The molecule has 0 N–H and O–H groups in total. The fourth-order valence-electron chi connectivity index (χ4n) is 4.32. The van der Waals surface area contributed by atoms with Gasteiger partial charge in [-0.25, -0.2) is 9.78 Å². The van der Waals surface area contributed by atoms with Gasteiger partial charge in [-0.15, -0.1) is 0 Å². The molecular formula is C31H32BrN3O5. The van der Waals surface area contributed by atoms with Crippen molar-refractivity contribution in [2.75, 3.05) is 13.7 Å². The third-order valence-electron chi connectivity index (χ3n) is 6.40. The van der Waals surface area contributed by atoms with E-state index in [1.807, 2.05) is 31.2 Å². The normalized spacial score (nSPS) is 12.2. The highest BCUT2D eigenvalue weighted by atomic mass is 79.9. The summed E-state index contributed by atoms with van der Waals surface area (Å²) in [6.45, 7) is 9.74. The van der Waals surface area contributed by atoms with E-state index in [4.69, 9.17) is 19.2 Å². The van der Waals surface area contributed by atoms with Gasteiger partial charge < -0.3 is 14.2 Å². The topological polar surface area (TPSA) is 92.0 Å². The maximum atomic E-state index is 13.8. The maximum absolute atomic E-state index is 13.8. The van der Waals surface area contributed by atoms with Gasteiger partial charge >= 0.3 is 5.97 Å². The van der Waals surface area contributed by atoms with Crippen molar-refractivity contribution in [2.45, 2.75) is 46.6 Å². The number of rotatable bonds is 9. The summed E-state index contributed by atoms with van der Waals surface area (Å²) in [5.41, 5.74) is 3.48. The van der Waals surface area contributed by atoms with Gasteiger partial charge in [0, 0.05) is 15.6 Å². The number of hydrogen-bond acceptors (Lipinski definition) is 7. The molecule has 1 heterocycles. The zero-order valence-corrected chi connectivity index (χ0v) is 25.0. The number of fused-ring (bicyclic) bond motifs is 1. The third-order valence-corrected chi connectivity index (χ3v) is 6.89. The molecule has 0 saturated carbocycles. The Labute approximate surface area is 241 Å². The number of carbonyl (C=O) groups is 1. The van der Waals surface area contributed by atoms with Crippen molar-refractivity contribution in [1.82, 2.24) is 9.66 Å². The highest BCUT2D eigenvalue weighted by Crippen LogP contribution is 2.34. The number of hydrogen-bond donors (Lipinski definition) is 0. The predicted molar refractivity (Wildman–Crippen MR) is 161 cm³/mol. The molecule has 0 spiro atoms. The van der Waals surface area contributed by atoms with E-state index in [1.165, 1.54) is 10.9 Å². The zero-order chi connectivity index (χ0) is 29.0. The summed E-state index contributed by atoms with van der Waals surface area (Å²) in [4.78, 5) is 30.8. The van der Waals surface area contributed by atoms with E-state index in [0.717, 1.165) is 26.9 Å². The first-order valence-corrected chi connectivity index (χ1v) is 13.8. The lowest BCUT2D eigenvalue weighted by Gasteiger charge is -2.17. The van der Waals surface area contributed by atoms with Gasteiger partial charge in [-0.05, 0) is 80.3 Å². The Morgan fingerprint density at radius 1 is 1.10 bits per heavy atom. The molecule has 0 fully saturated rings. The van der Waals surface area contributed by atoms with Crippen LogP contribution in [0.2, 0.25) is 0 Å².